The van der Waals surface area contributed by atoms with E-state index >= 15 is 0 Å². The number of alkyl carbamates (subject to hydrolysis) is 1. The lowest BCUT2D eigenvalue weighted by Gasteiger charge is -2.43. The van der Waals surface area contributed by atoms with Crippen molar-refractivity contribution in [1.29, 1.82) is 0 Å². The molecule has 0 aliphatic heterocycles. The number of carbonyl (C=O) groups is 4. The van der Waals surface area contributed by atoms with E-state index in [0.717, 1.165) is 23.1 Å². The number of carbonyl (C=O) groups excluding carboxylic acids is 4. The summed E-state index contributed by atoms with van der Waals surface area (Å²) in [6.45, 7) is 9.26. The van der Waals surface area contributed by atoms with Crippen LogP contribution in [0.25, 0.3) is 0 Å². The number of primary amides is 1. The van der Waals surface area contributed by atoms with Crippen molar-refractivity contribution in [2.75, 3.05) is 0 Å². The molecule has 0 radical (unpaired) electrons. The summed E-state index contributed by atoms with van der Waals surface area (Å²) in [5, 5.41) is 5.52. The Morgan fingerprint density at radius 3 is 2.15 bits per heavy atom. The first-order chi connectivity index (χ1) is 18.3. The molecule has 2 aromatic carbocycles. The predicted molar refractivity (Wildman–Crippen MR) is 148 cm³/mol. The summed E-state index contributed by atoms with van der Waals surface area (Å²) in [4.78, 5) is 54.1. The molecule has 4 N–H and O–H groups in total. The molecule has 1 fully saturated rings. The summed E-state index contributed by atoms with van der Waals surface area (Å²) >= 11 is 0. The second kappa shape index (κ2) is 12.8. The van der Waals surface area contributed by atoms with Gasteiger partial charge in [0.15, 0.2) is 0 Å². The number of ether oxygens (including phenoxy) is 1. The summed E-state index contributed by atoms with van der Waals surface area (Å²) in [5.74, 6) is -1.66. The molecule has 4 amide bonds. The zero-order valence-corrected chi connectivity index (χ0v) is 23.5. The summed E-state index contributed by atoms with van der Waals surface area (Å²) in [5.41, 5.74) is 8.15. The largest absolute Gasteiger partial charge is 0.444 e. The van der Waals surface area contributed by atoms with Gasteiger partial charge in [0.1, 0.15) is 17.7 Å². The molecule has 1 saturated carbocycles. The number of nitrogens with two attached hydrogens (primary N) is 1. The van der Waals surface area contributed by atoms with Crippen LogP contribution in [0.3, 0.4) is 0 Å². The lowest BCUT2D eigenvalue weighted by molar-refractivity contribution is -0.148. The fourth-order valence-electron chi connectivity index (χ4n) is 4.70. The van der Waals surface area contributed by atoms with Crippen LogP contribution < -0.4 is 16.4 Å². The highest BCUT2D eigenvalue weighted by atomic mass is 16.6. The van der Waals surface area contributed by atoms with E-state index in [4.69, 9.17) is 10.5 Å². The summed E-state index contributed by atoms with van der Waals surface area (Å²) in [6, 6.07) is 12.8. The first-order valence-corrected chi connectivity index (χ1v) is 13.3. The van der Waals surface area contributed by atoms with E-state index in [0.29, 0.717) is 18.4 Å². The molecular weight excluding hydrogens is 496 g/mol. The molecule has 0 spiro atoms. The van der Waals surface area contributed by atoms with Crippen molar-refractivity contribution < 1.29 is 23.9 Å². The molecule has 2 atom stereocenters. The number of amides is 4. The smallest absolute Gasteiger partial charge is 0.408 e. The molecule has 0 bridgehead atoms. The van der Waals surface area contributed by atoms with E-state index in [9.17, 15) is 19.2 Å². The zero-order valence-electron chi connectivity index (χ0n) is 23.5. The van der Waals surface area contributed by atoms with Gasteiger partial charge in [-0.3, -0.25) is 14.4 Å². The van der Waals surface area contributed by atoms with Crippen molar-refractivity contribution in [3.8, 4) is 0 Å². The number of nitrogens with one attached hydrogen (secondary N) is 2. The van der Waals surface area contributed by atoms with Crippen molar-refractivity contribution in [2.24, 2.45) is 5.73 Å². The highest BCUT2D eigenvalue weighted by Crippen LogP contribution is 2.34. The van der Waals surface area contributed by atoms with Crippen LogP contribution in [-0.4, -0.2) is 46.4 Å². The molecule has 1 aliphatic rings. The SMILES string of the molecule is Cc1cc(C)cc(C(C(=O)NCc2ccccc2)N(C(=O)C(CC(N)=O)NC(=O)OC(C)(C)C)C2CCC2)c1. The maximum absolute atomic E-state index is 14.1. The molecule has 3 rings (SSSR count). The number of benzene rings is 2. The molecule has 0 heterocycles. The maximum Gasteiger partial charge on any atom is 0.408 e. The normalized spacial score (nSPS) is 14.9. The van der Waals surface area contributed by atoms with Crippen molar-refractivity contribution in [3.05, 3.63) is 70.8 Å². The Hall–Kier alpha value is -3.88. The van der Waals surface area contributed by atoms with Crippen LogP contribution >= 0.6 is 0 Å². The Labute approximate surface area is 230 Å². The first kappa shape index (κ1) is 29.7. The average molecular weight is 537 g/mol. The van der Waals surface area contributed by atoms with Crippen LogP contribution in [0.4, 0.5) is 4.79 Å². The molecule has 2 aromatic rings. The Morgan fingerprint density at radius 1 is 1.03 bits per heavy atom. The molecule has 0 saturated heterocycles. The van der Waals surface area contributed by atoms with E-state index in [2.05, 4.69) is 10.6 Å². The van der Waals surface area contributed by atoms with Gasteiger partial charge in [0.05, 0.1) is 6.42 Å². The molecule has 2 unspecified atom stereocenters. The molecule has 39 heavy (non-hydrogen) atoms. The third kappa shape index (κ3) is 8.56. The highest BCUT2D eigenvalue weighted by Gasteiger charge is 2.42. The molecule has 0 aromatic heterocycles. The van der Waals surface area contributed by atoms with Gasteiger partial charge in [0.25, 0.3) is 0 Å². The maximum atomic E-state index is 14.1. The van der Waals surface area contributed by atoms with Gasteiger partial charge in [0, 0.05) is 12.6 Å². The Morgan fingerprint density at radius 2 is 1.64 bits per heavy atom. The van der Waals surface area contributed by atoms with Gasteiger partial charge in [-0.15, -0.1) is 0 Å². The van der Waals surface area contributed by atoms with Crippen LogP contribution in [0, 0.1) is 13.8 Å². The lowest BCUT2D eigenvalue weighted by Crippen LogP contribution is -2.58. The second-order valence-electron chi connectivity index (χ2n) is 11.2. The van der Waals surface area contributed by atoms with E-state index in [1.165, 1.54) is 4.90 Å². The zero-order chi connectivity index (χ0) is 28.7. The predicted octanol–water partition coefficient (Wildman–Crippen LogP) is 3.81. The third-order valence-corrected chi connectivity index (χ3v) is 6.51. The average Bonchev–Trinajstić information content (AvgIpc) is 2.79. The Bertz CT molecular complexity index is 1170. The van der Waals surface area contributed by atoms with Gasteiger partial charge in [-0.05, 0) is 65.0 Å². The number of nitrogens with zero attached hydrogens (tertiary/aromatic N) is 1. The second-order valence-corrected chi connectivity index (χ2v) is 11.2. The minimum absolute atomic E-state index is 0.235. The fourth-order valence-corrected chi connectivity index (χ4v) is 4.70. The number of hydrogen-bond donors (Lipinski definition) is 3. The number of rotatable bonds is 10. The molecular formula is C30H40N4O5. The minimum atomic E-state index is -1.28. The van der Waals surface area contributed by atoms with Gasteiger partial charge in [-0.2, -0.15) is 0 Å². The quantitative estimate of drug-likeness (QED) is 0.425. The fraction of sp³-hybridized carbons (Fsp3) is 0.467. The van der Waals surface area contributed by atoms with Crippen LogP contribution in [-0.2, 0) is 25.7 Å². The molecule has 1 aliphatic carbocycles. The molecule has 9 heteroatoms. The van der Waals surface area contributed by atoms with E-state index in [1.54, 1.807) is 20.8 Å². The van der Waals surface area contributed by atoms with E-state index in [-0.39, 0.29) is 18.5 Å². The summed E-state index contributed by atoms with van der Waals surface area (Å²) in [7, 11) is 0. The van der Waals surface area contributed by atoms with Gasteiger partial charge in [-0.1, -0.05) is 59.7 Å². The lowest BCUT2D eigenvalue weighted by atomic mass is 9.87. The monoisotopic (exact) mass is 536 g/mol. The van der Waals surface area contributed by atoms with Gasteiger partial charge < -0.3 is 26.0 Å². The van der Waals surface area contributed by atoms with E-state index < -0.39 is 42.0 Å². The van der Waals surface area contributed by atoms with Crippen molar-refractivity contribution in [3.63, 3.8) is 0 Å². The van der Waals surface area contributed by atoms with Crippen molar-refractivity contribution >= 4 is 23.8 Å². The van der Waals surface area contributed by atoms with Gasteiger partial charge in [0.2, 0.25) is 17.7 Å². The third-order valence-electron chi connectivity index (χ3n) is 6.51. The number of aryl methyl sites for hydroxylation is 2. The van der Waals surface area contributed by atoms with Crippen LogP contribution in [0.2, 0.25) is 0 Å². The van der Waals surface area contributed by atoms with Crippen molar-refractivity contribution in [1.82, 2.24) is 15.5 Å². The standard InChI is InChI=1S/C30H40N4O5/c1-19-14-20(2)16-22(15-19)26(27(36)32-18-21-10-7-6-8-11-21)34(23-12-9-13-23)28(37)24(17-25(31)35)33-29(38)39-30(3,4)5/h6-8,10-11,14-16,23-24,26H,9,12-13,17-18H2,1-5H3,(H2,31,35)(H,32,36)(H,33,38). The Balaban J connectivity index is 2.00. The highest BCUT2D eigenvalue weighted by molar-refractivity contribution is 5.94. The summed E-state index contributed by atoms with van der Waals surface area (Å²) < 4.78 is 5.34. The summed E-state index contributed by atoms with van der Waals surface area (Å²) in [6.07, 6.45) is 1.04. The first-order valence-electron chi connectivity index (χ1n) is 13.3. The van der Waals surface area contributed by atoms with Crippen LogP contribution in [0.1, 0.15) is 74.8 Å². The van der Waals surface area contributed by atoms with Crippen molar-refractivity contribution in [2.45, 2.75) is 90.6 Å². The topological polar surface area (TPSA) is 131 Å². The van der Waals surface area contributed by atoms with Crippen LogP contribution in [0.5, 0.6) is 0 Å². The molecule has 210 valence electrons. The van der Waals surface area contributed by atoms with Crippen LogP contribution in [0.15, 0.2) is 48.5 Å². The van der Waals surface area contributed by atoms with Gasteiger partial charge >= 0.3 is 6.09 Å². The van der Waals surface area contributed by atoms with E-state index in [1.807, 2.05) is 62.4 Å². The van der Waals surface area contributed by atoms with Gasteiger partial charge in [-0.25, -0.2) is 4.79 Å². The minimum Gasteiger partial charge on any atom is -0.444 e. The number of hydrogen-bond acceptors (Lipinski definition) is 5. The molecule has 9 nitrogen and oxygen atoms in total. The Kier molecular flexibility index (Phi) is 9.72.